The van der Waals surface area contributed by atoms with Crippen molar-refractivity contribution in [3.8, 4) is 0 Å². The molecular weight excluding hydrogens is 504 g/mol. The number of aliphatic hydroxyl groups excluding tert-OH is 1. The van der Waals surface area contributed by atoms with E-state index in [2.05, 4.69) is 5.32 Å². The van der Waals surface area contributed by atoms with Crippen molar-refractivity contribution in [3.63, 3.8) is 0 Å². The second-order valence-electron chi connectivity index (χ2n) is 10.9. The zero-order valence-electron chi connectivity index (χ0n) is 23.3. The highest BCUT2D eigenvalue weighted by Gasteiger charge is 2.48. The van der Waals surface area contributed by atoms with Gasteiger partial charge < -0.3 is 25.8 Å². The van der Waals surface area contributed by atoms with Gasteiger partial charge in [-0.1, -0.05) is 31.6 Å². The number of hydrogen-bond acceptors (Lipinski definition) is 5. The molecule has 0 aromatic heterocycles. The van der Waals surface area contributed by atoms with Crippen LogP contribution in [0.2, 0.25) is 0 Å². The van der Waals surface area contributed by atoms with Gasteiger partial charge in [0.05, 0.1) is 17.6 Å². The van der Waals surface area contributed by atoms with Crippen molar-refractivity contribution in [1.82, 2.24) is 10.2 Å². The highest BCUT2D eigenvalue weighted by molar-refractivity contribution is 5.96. The number of carbonyl (C=O) groups excluding carboxylic acids is 2. The number of benzene rings is 1. The van der Waals surface area contributed by atoms with Crippen LogP contribution in [0.5, 0.6) is 0 Å². The molecule has 1 fully saturated rings. The van der Waals surface area contributed by atoms with Crippen LogP contribution in [0, 0.1) is 23.0 Å². The van der Waals surface area contributed by atoms with E-state index in [1.165, 1.54) is 12.1 Å². The van der Waals surface area contributed by atoms with Gasteiger partial charge in [-0.25, -0.2) is 8.78 Å². The molecule has 2 amide bonds. The van der Waals surface area contributed by atoms with Gasteiger partial charge in [0.1, 0.15) is 11.6 Å². The lowest BCUT2D eigenvalue weighted by molar-refractivity contribution is -0.132. The highest BCUT2D eigenvalue weighted by atomic mass is 19.1. The summed E-state index contributed by atoms with van der Waals surface area (Å²) in [6.07, 6.45) is 5.87. The van der Waals surface area contributed by atoms with Gasteiger partial charge >= 0.3 is 0 Å². The third-order valence-electron chi connectivity index (χ3n) is 7.63. The minimum Gasteiger partial charge on any atom is -0.391 e. The van der Waals surface area contributed by atoms with Crippen molar-refractivity contribution < 1.29 is 28.2 Å². The maximum atomic E-state index is 14.1. The highest BCUT2D eigenvalue weighted by Crippen LogP contribution is 2.44. The largest absolute Gasteiger partial charge is 0.391 e. The van der Waals surface area contributed by atoms with Crippen LogP contribution in [-0.4, -0.2) is 66.8 Å². The van der Waals surface area contributed by atoms with Gasteiger partial charge in [0.25, 0.3) is 0 Å². The lowest BCUT2D eigenvalue weighted by Gasteiger charge is -2.42. The molecule has 1 saturated heterocycles. The van der Waals surface area contributed by atoms with Gasteiger partial charge in [0.15, 0.2) is 0 Å². The van der Waals surface area contributed by atoms with E-state index in [4.69, 9.17) is 10.5 Å². The average molecular weight is 548 g/mol. The Bertz CT molecular complexity index is 1040. The molecule has 1 unspecified atom stereocenters. The van der Waals surface area contributed by atoms with Crippen molar-refractivity contribution in [2.75, 3.05) is 32.8 Å². The molecule has 216 valence electrons. The number of hydrogen-bond donors (Lipinski definition) is 3. The molecule has 39 heavy (non-hydrogen) atoms. The zero-order valence-corrected chi connectivity index (χ0v) is 23.3. The lowest BCUT2D eigenvalue weighted by Crippen LogP contribution is -2.52. The molecule has 7 nitrogen and oxygen atoms in total. The van der Waals surface area contributed by atoms with Gasteiger partial charge in [0, 0.05) is 50.3 Å². The summed E-state index contributed by atoms with van der Waals surface area (Å²) >= 11 is 0. The summed E-state index contributed by atoms with van der Waals surface area (Å²) in [7, 11) is 0. The first-order chi connectivity index (χ1) is 18.6. The number of nitrogens with one attached hydrogen (secondary N) is 1. The summed E-state index contributed by atoms with van der Waals surface area (Å²) in [6.45, 7) is 8.30. The predicted octanol–water partition coefficient (Wildman–Crippen LogP) is 3.65. The molecule has 1 aliphatic carbocycles. The Kier molecular flexibility index (Phi) is 11.2. The van der Waals surface area contributed by atoms with Crippen LogP contribution in [0.3, 0.4) is 0 Å². The Morgan fingerprint density at radius 3 is 2.44 bits per heavy atom. The van der Waals surface area contributed by atoms with Crippen molar-refractivity contribution in [2.24, 2.45) is 17.1 Å². The zero-order chi connectivity index (χ0) is 28.6. The molecule has 4 N–H and O–H groups in total. The Morgan fingerprint density at radius 2 is 1.87 bits per heavy atom. The second-order valence-corrected chi connectivity index (χ2v) is 10.9. The number of nitrogens with zero attached hydrogens (tertiary/aromatic N) is 1. The number of amides is 2. The number of allylic oxidation sites excluding steroid dienone is 2. The number of carbonyl (C=O) groups is 2. The summed E-state index contributed by atoms with van der Waals surface area (Å²) in [5.74, 6) is -3.21. The van der Waals surface area contributed by atoms with Crippen molar-refractivity contribution >= 4 is 11.8 Å². The number of nitrogens with two attached hydrogens (primary N) is 1. The van der Waals surface area contributed by atoms with E-state index in [9.17, 15) is 23.5 Å². The molecule has 9 heteroatoms. The summed E-state index contributed by atoms with van der Waals surface area (Å²) in [4.78, 5) is 28.6. The van der Waals surface area contributed by atoms with Gasteiger partial charge in [0.2, 0.25) is 11.8 Å². The van der Waals surface area contributed by atoms with E-state index in [1.54, 1.807) is 24.0 Å². The fourth-order valence-electron chi connectivity index (χ4n) is 5.90. The van der Waals surface area contributed by atoms with Gasteiger partial charge in [-0.3, -0.25) is 9.59 Å². The topological polar surface area (TPSA) is 105 Å². The van der Waals surface area contributed by atoms with Crippen molar-refractivity contribution in [2.45, 2.75) is 71.5 Å². The number of ether oxygens (including phenoxy) is 1. The molecule has 1 aromatic rings. The SMILES string of the molecule is CCCN(CCC)C(=O)C1=CC(C)=CC(C(N)=O)([C@H](Cc2cc(F)cc(F)c2)[C@@H](O)CNC[C@@H]2CCCO2)C1. The molecule has 2 aliphatic rings. The van der Waals surface area contributed by atoms with Crippen LogP contribution in [0.1, 0.15) is 58.4 Å². The normalized spacial score (nSPS) is 22.7. The van der Waals surface area contributed by atoms with Gasteiger partial charge in [-0.15, -0.1) is 0 Å². The van der Waals surface area contributed by atoms with Crippen LogP contribution in [0.25, 0.3) is 0 Å². The molecule has 1 aromatic carbocycles. The summed E-state index contributed by atoms with van der Waals surface area (Å²) in [5, 5.41) is 14.7. The van der Waals surface area contributed by atoms with E-state index in [1.807, 2.05) is 13.8 Å². The smallest absolute Gasteiger partial charge is 0.249 e. The number of rotatable bonds is 14. The van der Waals surface area contributed by atoms with Gasteiger partial charge in [-0.05, 0) is 63.1 Å². The van der Waals surface area contributed by atoms with Crippen LogP contribution in [-0.2, 0) is 20.7 Å². The second kappa shape index (κ2) is 14.1. The van der Waals surface area contributed by atoms with E-state index < -0.39 is 35.0 Å². The van der Waals surface area contributed by atoms with Gasteiger partial charge in [-0.2, -0.15) is 0 Å². The number of aliphatic hydroxyl groups is 1. The molecule has 1 heterocycles. The van der Waals surface area contributed by atoms with E-state index in [0.717, 1.165) is 31.7 Å². The summed E-state index contributed by atoms with van der Waals surface area (Å²) in [6, 6.07) is 3.17. The fraction of sp³-hybridized carbons (Fsp3) is 0.600. The molecule has 1 aliphatic heterocycles. The number of halogens is 2. The lowest BCUT2D eigenvalue weighted by atomic mass is 9.63. The third-order valence-corrected chi connectivity index (χ3v) is 7.63. The third kappa shape index (κ3) is 7.96. The average Bonchev–Trinajstić information content (AvgIpc) is 3.39. The Labute approximate surface area is 230 Å². The molecule has 0 spiro atoms. The molecule has 0 bridgehead atoms. The van der Waals surface area contributed by atoms with Crippen LogP contribution in [0.15, 0.2) is 41.5 Å². The van der Waals surface area contributed by atoms with Crippen LogP contribution < -0.4 is 11.1 Å². The first kappa shape index (κ1) is 30.9. The van der Waals surface area contributed by atoms with Crippen molar-refractivity contribution in [1.29, 1.82) is 0 Å². The summed E-state index contributed by atoms with van der Waals surface area (Å²) in [5.41, 5.74) is 6.03. The van der Waals surface area contributed by atoms with E-state index >= 15 is 0 Å². The van der Waals surface area contributed by atoms with E-state index in [-0.39, 0.29) is 31.4 Å². The Hall–Kier alpha value is -2.62. The minimum absolute atomic E-state index is 0.00625. The standard InChI is InChI=1S/C30H43F2N3O4/c1-4-8-35(9-5-2)28(37)22-11-20(3)16-30(17-22,29(33)38)26(14-21-12-23(31)15-24(32)13-21)27(36)19-34-18-25-7-6-10-39-25/h11-13,15-16,25-27,34,36H,4-10,14,17-19H2,1-3H3,(H2,33,38)/t25-,26+,27-,30?/m0/s1. The maximum absolute atomic E-state index is 14.1. The Morgan fingerprint density at radius 1 is 1.21 bits per heavy atom. The Balaban J connectivity index is 1.96. The monoisotopic (exact) mass is 547 g/mol. The quantitative estimate of drug-likeness (QED) is 0.330. The predicted molar refractivity (Wildman–Crippen MR) is 147 cm³/mol. The molecule has 4 atom stereocenters. The molecule has 0 radical (unpaired) electrons. The minimum atomic E-state index is -1.44. The first-order valence-electron chi connectivity index (χ1n) is 14.0. The summed E-state index contributed by atoms with van der Waals surface area (Å²) < 4.78 is 33.9. The number of primary amides is 1. The first-order valence-corrected chi connectivity index (χ1v) is 14.0. The molecular formula is C30H43F2N3O4. The van der Waals surface area contributed by atoms with E-state index in [0.29, 0.717) is 43.0 Å². The maximum Gasteiger partial charge on any atom is 0.249 e. The fourth-order valence-corrected chi connectivity index (χ4v) is 5.90. The van der Waals surface area contributed by atoms with Crippen LogP contribution in [0.4, 0.5) is 8.78 Å². The molecule has 3 rings (SSSR count). The van der Waals surface area contributed by atoms with Crippen molar-refractivity contribution in [3.05, 3.63) is 58.7 Å². The molecule has 0 saturated carbocycles. The van der Waals surface area contributed by atoms with Crippen LogP contribution >= 0.6 is 0 Å².